The van der Waals surface area contributed by atoms with Gasteiger partial charge in [0.15, 0.2) is 9.84 Å². The lowest BCUT2D eigenvalue weighted by molar-refractivity contribution is -0.136. The van der Waals surface area contributed by atoms with Crippen LogP contribution in [0.3, 0.4) is 0 Å². The lowest BCUT2D eigenvalue weighted by atomic mass is 9.92. The van der Waals surface area contributed by atoms with Gasteiger partial charge in [0.05, 0.1) is 11.5 Å². The highest BCUT2D eigenvalue weighted by molar-refractivity contribution is 9.10. The molecule has 2 heterocycles. The van der Waals surface area contributed by atoms with Gasteiger partial charge in [-0.3, -0.25) is 4.79 Å². The number of piperidine rings is 2. The molecule has 2 aliphatic heterocycles. The highest BCUT2D eigenvalue weighted by Crippen LogP contribution is 2.30. The van der Waals surface area contributed by atoms with E-state index in [0.29, 0.717) is 45.0 Å². The molecule has 0 saturated carbocycles. The Morgan fingerprint density at radius 2 is 1.65 bits per heavy atom. The molecular formula is C30H42BrN3O5S. The molecule has 40 heavy (non-hydrogen) atoms. The molecule has 2 aliphatic rings. The van der Waals surface area contributed by atoms with Crippen molar-refractivity contribution in [3.8, 4) is 0 Å². The standard InChI is InChI=1S/C30H42BrN3O5S/c1-4-6-19-39-30(36)34-17-13-26(14-18-34)33-15-11-22(12-16-33)29(35)32(3)28(5-2)40(37,38)27-10-8-23-20-25(31)9-7-24(23)21-27/h7-10,20-22,26,28H,4-6,11-19H2,1-3H3. The fourth-order valence-electron chi connectivity index (χ4n) is 5.98. The third-order valence-electron chi connectivity index (χ3n) is 8.43. The summed E-state index contributed by atoms with van der Waals surface area (Å²) >= 11 is 3.46. The maximum atomic E-state index is 13.7. The van der Waals surface area contributed by atoms with Gasteiger partial charge in [-0.2, -0.15) is 0 Å². The van der Waals surface area contributed by atoms with Crippen LogP contribution in [0.2, 0.25) is 0 Å². The fourth-order valence-corrected chi connectivity index (χ4v) is 8.18. The highest BCUT2D eigenvalue weighted by Gasteiger charge is 2.37. The summed E-state index contributed by atoms with van der Waals surface area (Å²) in [7, 11) is -2.11. The number of sulfone groups is 1. The number of likely N-dealkylation sites (tertiary alicyclic amines) is 2. The second-order valence-electron chi connectivity index (χ2n) is 11.0. The minimum atomic E-state index is -3.74. The van der Waals surface area contributed by atoms with Crippen molar-refractivity contribution in [2.75, 3.05) is 39.8 Å². The highest BCUT2D eigenvalue weighted by atomic mass is 79.9. The van der Waals surface area contributed by atoms with Crippen LogP contribution in [0.1, 0.15) is 58.8 Å². The van der Waals surface area contributed by atoms with Gasteiger partial charge in [-0.1, -0.05) is 48.3 Å². The second-order valence-corrected chi connectivity index (χ2v) is 14.0. The number of rotatable bonds is 9. The molecule has 1 unspecified atom stereocenters. The Morgan fingerprint density at radius 1 is 1.00 bits per heavy atom. The first-order valence-corrected chi connectivity index (χ1v) is 16.8. The van der Waals surface area contributed by atoms with Crippen molar-refractivity contribution < 1.29 is 22.7 Å². The summed E-state index contributed by atoms with van der Waals surface area (Å²) in [5, 5.41) is 0.891. The number of ether oxygens (including phenoxy) is 1. The summed E-state index contributed by atoms with van der Waals surface area (Å²) in [6, 6.07) is 11.3. The van der Waals surface area contributed by atoms with Crippen LogP contribution in [0.4, 0.5) is 4.79 Å². The van der Waals surface area contributed by atoms with Gasteiger partial charge >= 0.3 is 6.09 Å². The Kier molecular flexibility index (Phi) is 10.5. The number of hydrogen-bond acceptors (Lipinski definition) is 6. The number of halogens is 1. The zero-order chi connectivity index (χ0) is 28.9. The third kappa shape index (κ3) is 6.99. The van der Waals surface area contributed by atoms with Gasteiger partial charge in [0.2, 0.25) is 5.91 Å². The van der Waals surface area contributed by atoms with Crippen molar-refractivity contribution in [3.63, 3.8) is 0 Å². The first-order chi connectivity index (χ1) is 19.1. The van der Waals surface area contributed by atoms with Crippen LogP contribution in [0.15, 0.2) is 45.8 Å². The predicted octanol–water partition coefficient (Wildman–Crippen LogP) is 5.68. The van der Waals surface area contributed by atoms with E-state index in [0.717, 1.165) is 54.0 Å². The number of unbranched alkanes of at least 4 members (excludes halogenated alkanes) is 1. The van der Waals surface area contributed by atoms with Crippen molar-refractivity contribution in [3.05, 3.63) is 40.9 Å². The zero-order valence-electron chi connectivity index (χ0n) is 23.9. The SMILES string of the molecule is CCCCOC(=O)N1CCC(N2CCC(C(=O)N(C)C(CC)S(=O)(=O)c3ccc4cc(Br)ccc4c3)CC2)CC1. The van der Waals surface area contributed by atoms with E-state index in [1.807, 2.05) is 31.2 Å². The molecule has 0 aromatic heterocycles. The number of amides is 2. The summed E-state index contributed by atoms with van der Waals surface area (Å²) in [5.41, 5.74) is 0. The van der Waals surface area contributed by atoms with Gasteiger partial charge in [-0.25, -0.2) is 13.2 Å². The Hall–Kier alpha value is -2.17. The van der Waals surface area contributed by atoms with E-state index >= 15 is 0 Å². The molecular weight excluding hydrogens is 594 g/mol. The lowest BCUT2D eigenvalue weighted by Crippen LogP contribution is -2.51. The molecule has 2 saturated heterocycles. The van der Waals surface area contributed by atoms with E-state index in [1.165, 1.54) is 4.90 Å². The smallest absolute Gasteiger partial charge is 0.409 e. The Morgan fingerprint density at radius 3 is 2.30 bits per heavy atom. The van der Waals surface area contributed by atoms with Gasteiger partial charge in [-0.15, -0.1) is 0 Å². The van der Waals surface area contributed by atoms with Crippen LogP contribution in [0.25, 0.3) is 10.8 Å². The Bertz CT molecular complexity index is 1290. The summed E-state index contributed by atoms with van der Waals surface area (Å²) < 4.78 is 33.6. The molecule has 2 fully saturated rings. The number of carbonyl (C=O) groups excluding carboxylic acids is 2. The molecule has 0 aliphatic carbocycles. The fraction of sp³-hybridized carbons (Fsp3) is 0.600. The molecule has 0 radical (unpaired) electrons. The topological polar surface area (TPSA) is 87.2 Å². The Balaban J connectivity index is 1.32. The molecule has 8 nitrogen and oxygen atoms in total. The average molecular weight is 637 g/mol. The predicted molar refractivity (Wildman–Crippen MR) is 161 cm³/mol. The van der Waals surface area contributed by atoms with Crippen LogP contribution in [0.5, 0.6) is 0 Å². The van der Waals surface area contributed by atoms with E-state index in [-0.39, 0.29) is 22.8 Å². The molecule has 10 heteroatoms. The number of benzene rings is 2. The summed E-state index contributed by atoms with van der Waals surface area (Å²) in [6.07, 6.45) is 5.23. The Labute approximate surface area is 247 Å². The van der Waals surface area contributed by atoms with Crippen molar-refractivity contribution >= 4 is 48.5 Å². The normalized spacial score (nSPS) is 18.6. The molecule has 1 atom stereocenters. The molecule has 2 amide bonds. The first-order valence-electron chi connectivity index (χ1n) is 14.5. The number of carbonyl (C=O) groups is 2. The number of hydrogen-bond donors (Lipinski definition) is 0. The van der Waals surface area contributed by atoms with Crippen molar-refractivity contribution in [2.45, 2.75) is 75.1 Å². The van der Waals surface area contributed by atoms with Gasteiger partial charge < -0.3 is 19.4 Å². The number of nitrogens with zero attached hydrogens (tertiary/aromatic N) is 3. The van der Waals surface area contributed by atoms with Crippen LogP contribution >= 0.6 is 15.9 Å². The van der Waals surface area contributed by atoms with Crippen LogP contribution < -0.4 is 0 Å². The van der Waals surface area contributed by atoms with E-state index in [1.54, 1.807) is 24.1 Å². The van der Waals surface area contributed by atoms with Crippen molar-refractivity contribution in [1.82, 2.24) is 14.7 Å². The molecule has 0 spiro atoms. The molecule has 4 rings (SSSR count). The van der Waals surface area contributed by atoms with Crippen molar-refractivity contribution in [2.24, 2.45) is 5.92 Å². The van der Waals surface area contributed by atoms with E-state index in [4.69, 9.17) is 4.74 Å². The molecule has 220 valence electrons. The molecule has 0 N–H and O–H groups in total. The van der Waals surface area contributed by atoms with Gasteiger partial charge in [-0.05, 0) is 86.7 Å². The summed E-state index contributed by atoms with van der Waals surface area (Å²) in [4.78, 5) is 31.7. The quantitative estimate of drug-likeness (QED) is 0.329. The summed E-state index contributed by atoms with van der Waals surface area (Å²) in [5.74, 6) is -0.280. The van der Waals surface area contributed by atoms with Gasteiger partial charge in [0.25, 0.3) is 0 Å². The maximum Gasteiger partial charge on any atom is 0.409 e. The van der Waals surface area contributed by atoms with Crippen LogP contribution in [0, 0.1) is 5.92 Å². The van der Waals surface area contributed by atoms with Gasteiger partial charge in [0, 0.05) is 36.6 Å². The van der Waals surface area contributed by atoms with Crippen LogP contribution in [-0.4, -0.2) is 86.4 Å². The third-order valence-corrected chi connectivity index (χ3v) is 11.2. The van der Waals surface area contributed by atoms with Crippen LogP contribution in [-0.2, 0) is 19.4 Å². The maximum absolute atomic E-state index is 13.7. The molecule has 2 aromatic rings. The lowest BCUT2D eigenvalue weighted by Gasteiger charge is -2.42. The number of fused-ring (bicyclic) bond motifs is 1. The van der Waals surface area contributed by atoms with E-state index in [2.05, 4.69) is 27.8 Å². The minimum Gasteiger partial charge on any atom is -0.449 e. The summed E-state index contributed by atoms with van der Waals surface area (Å²) in [6.45, 7) is 7.37. The van der Waals surface area contributed by atoms with Crippen molar-refractivity contribution in [1.29, 1.82) is 0 Å². The van der Waals surface area contributed by atoms with Gasteiger partial charge in [0.1, 0.15) is 5.37 Å². The largest absolute Gasteiger partial charge is 0.449 e. The van der Waals surface area contributed by atoms with E-state index in [9.17, 15) is 18.0 Å². The zero-order valence-corrected chi connectivity index (χ0v) is 26.3. The average Bonchev–Trinajstić information content (AvgIpc) is 2.96. The van der Waals surface area contributed by atoms with E-state index < -0.39 is 15.2 Å². The first kappa shape index (κ1) is 30.8. The minimum absolute atomic E-state index is 0.0931. The monoisotopic (exact) mass is 635 g/mol. The molecule has 0 bridgehead atoms. The molecule has 2 aromatic carbocycles. The second kappa shape index (κ2) is 13.7.